The van der Waals surface area contributed by atoms with E-state index in [1.807, 2.05) is 0 Å². The van der Waals surface area contributed by atoms with Gasteiger partial charge in [-0.2, -0.15) is 0 Å². The van der Waals surface area contributed by atoms with Crippen LogP contribution in [0.2, 0.25) is 0 Å². The first-order chi connectivity index (χ1) is 8.40. The predicted octanol–water partition coefficient (Wildman–Crippen LogP) is 1.68. The summed E-state index contributed by atoms with van der Waals surface area (Å²) in [5, 5.41) is 17.4. The monoisotopic (exact) mass is 272 g/mol. The SMILES string of the molecule is COc1cccc(C(O)C(=O)O)c1C(Cl)C(C)=O. The van der Waals surface area contributed by atoms with E-state index in [0.29, 0.717) is 0 Å². The van der Waals surface area contributed by atoms with Gasteiger partial charge in [-0.15, -0.1) is 11.6 Å². The molecule has 0 aliphatic carbocycles. The first kappa shape index (κ1) is 14.5. The lowest BCUT2D eigenvalue weighted by atomic mass is 9.97. The molecule has 2 atom stereocenters. The number of carboxylic acids is 1. The summed E-state index contributed by atoms with van der Waals surface area (Å²) in [4.78, 5) is 22.2. The molecule has 0 aliphatic rings. The van der Waals surface area contributed by atoms with Crippen molar-refractivity contribution in [2.24, 2.45) is 0 Å². The number of halogens is 1. The summed E-state index contributed by atoms with van der Waals surface area (Å²) >= 11 is 5.95. The Morgan fingerprint density at radius 3 is 2.44 bits per heavy atom. The highest BCUT2D eigenvalue weighted by atomic mass is 35.5. The number of ether oxygens (including phenoxy) is 1. The van der Waals surface area contributed by atoms with Gasteiger partial charge in [0.15, 0.2) is 11.9 Å². The van der Waals surface area contributed by atoms with Crippen molar-refractivity contribution in [3.63, 3.8) is 0 Å². The molecule has 1 aromatic rings. The van der Waals surface area contributed by atoms with Crippen molar-refractivity contribution in [1.29, 1.82) is 0 Å². The van der Waals surface area contributed by atoms with Crippen LogP contribution in [-0.2, 0) is 9.59 Å². The second-order valence-electron chi connectivity index (χ2n) is 3.68. The van der Waals surface area contributed by atoms with Crippen LogP contribution in [0.5, 0.6) is 5.75 Å². The average Bonchev–Trinajstić information content (AvgIpc) is 2.35. The molecule has 0 aliphatic heterocycles. The Balaban J connectivity index is 3.42. The van der Waals surface area contributed by atoms with Gasteiger partial charge in [0.25, 0.3) is 0 Å². The van der Waals surface area contributed by atoms with Crippen molar-refractivity contribution in [2.45, 2.75) is 18.4 Å². The molecule has 18 heavy (non-hydrogen) atoms. The van der Waals surface area contributed by atoms with Gasteiger partial charge in [0.2, 0.25) is 0 Å². The maximum atomic E-state index is 11.3. The van der Waals surface area contributed by atoms with Crippen LogP contribution in [0.25, 0.3) is 0 Å². The van der Waals surface area contributed by atoms with Crippen molar-refractivity contribution in [3.05, 3.63) is 29.3 Å². The molecule has 0 radical (unpaired) electrons. The van der Waals surface area contributed by atoms with E-state index in [2.05, 4.69) is 0 Å². The smallest absolute Gasteiger partial charge is 0.337 e. The highest BCUT2D eigenvalue weighted by molar-refractivity contribution is 6.31. The fourth-order valence-electron chi connectivity index (χ4n) is 1.58. The summed E-state index contributed by atoms with van der Waals surface area (Å²) in [5.41, 5.74) is 0.237. The Hall–Kier alpha value is -1.59. The lowest BCUT2D eigenvalue weighted by Crippen LogP contribution is -2.16. The fraction of sp³-hybridized carbons (Fsp3) is 0.333. The molecule has 0 heterocycles. The van der Waals surface area contributed by atoms with Crippen LogP contribution >= 0.6 is 11.6 Å². The molecule has 0 fully saturated rings. The molecule has 2 N–H and O–H groups in total. The minimum atomic E-state index is -1.75. The number of alkyl halides is 1. The highest BCUT2D eigenvalue weighted by Crippen LogP contribution is 2.36. The van der Waals surface area contributed by atoms with E-state index in [-0.39, 0.29) is 22.7 Å². The van der Waals surface area contributed by atoms with Crippen LogP contribution in [-0.4, -0.2) is 29.1 Å². The minimum absolute atomic E-state index is 0.0528. The Labute approximate surface area is 109 Å². The zero-order chi connectivity index (χ0) is 13.9. The molecule has 1 aromatic carbocycles. The number of aliphatic carboxylic acids is 1. The van der Waals surface area contributed by atoms with Crippen LogP contribution in [0, 0.1) is 0 Å². The van der Waals surface area contributed by atoms with E-state index in [1.54, 1.807) is 6.07 Å². The van der Waals surface area contributed by atoms with Crippen LogP contribution < -0.4 is 4.74 Å². The number of hydrogen-bond acceptors (Lipinski definition) is 4. The Bertz CT molecular complexity index is 472. The van der Waals surface area contributed by atoms with Crippen molar-refractivity contribution in [1.82, 2.24) is 0 Å². The number of methoxy groups -OCH3 is 1. The maximum absolute atomic E-state index is 11.3. The van der Waals surface area contributed by atoms with Crippen LogP contribution in [0.3, 0.4) is 0 Å². The number of Topliss-reactive ketones (excluding diaryl/α,β-unsaturated/α-hetero) is 1. The molecule has 0 bridgehead atoms. The summed E-state index contributed by atoms with van der Waals surface area (Å²) in [6.45, 7) is 1.28. The molecule has 5 nitrogen and oxygen atoms in total. The molecule has 1 rings (SSSR count). The Kier molecular flexibility index (Phi) is 4.69. The number of hydrogen-bond donors (Lipinski definition) is 2. The number of benzene rings is 1. The van der Waals surface area contributed by atoms with Crippen LogP contribution in [0.4, 0.5) is 0 Å². The Morgan fingerprint density at radius 2 is 2.00 bits per heavy atom. The summed E-state index contributed by atoms with van der Waals surface area (Å²) in [7, 11) is 1.37. The van der Waals surface area contributed by atoms with Crippen LogP contribution in [0.1, 0.15) is 29.5 Å². The van der Waals surface area contributed by atoms with Crippen molar-refractivity contribution >= 4 is 23.4 Å². The minimum Gasteiger partial charge on any atom is -0.496 e. The van der Waals surface area contributed by atoms with Crippen molar-refractivity contribution in [2.75, 3.05) is 7.11 Å². The third-order valence-corrected chi connectivity index (χ3v) is 2.98. The molecule has 0 saturated carbocycles. The fourth-order valence-corrected chi connectivity index (χ4v) is 1.82. The maximum Gasteiger partial charge on any atom is 0.337 e. The summed E-state index contributed by atoms with van der Waals surface area (Å²) in [6.07, 6.45) is -1.75. The molecule has 0 saturated heterocycles. The van der Waals surface area contributed by atoms with Gasteiger partial charge >= 0.3 is 5.97 Å². The number of carbonyl (C=O) groups excluding carboxylic acids is 1. The normalized spacial score (nSPS) is 13.8. The lowest BCUT2D eigenvalue weighted by Gasteiger charge is -2.18. The first-order valence-corrected chi connectivity index (χ1v) is 5.56. The number of ketones is 1. The van der Waals surface area contributed by atoms with Gasteiger partial charge in [-0.1, -0.05) is 12.1 Å². The number of aliphatic hydroxyl groups excluding tert-OH is 1. The van der Waals surface area contributed by atoms with Gasteiger partial charge in [0, 0.05) is 11.1 Å². The first-order valence-electron chi connectivity index (χ1n) is 5.12. The summed E-state index contributed by atoms with van der Waals surface area (Å²) in [5.74, 6) is -1.51. The molecule has 6 heteroatoms. The molecule has 0 amide bonds. The zero-order valence-electron chi connectivity index (χ0n) is 9.88. The third-order valence-electron chi connectivity index (χ3n) is 2.46. The lowest BCUT2D eigenvalue weighted by molar-refractivity contribution is -0.147. The van der Waals surface area contributed by atoms with E-state index in [4.69, 9.17) is 21.4 Å². The second-order valence-corrected chi connectivity index (χ2v) is 4.11. The molecular weight excluding hydrogens is 260 g/mol. The van der Waals surface area contributed by atoms with Crippen molar-refractivity contribution in [3.8, 4) is 5.75 Å². The van der Waals surface area contributed by atoms with E-state index >= 15 is 0 Å². The second kappa shape index (κ2) is 5.84. The number of carbonyl (C=O) groups is 2. The van der Waals surface area contributed by atoms with Crippen LogP contribution in [0.15, 0.2) is 18.2 Å². The molecule has 0 aromatic heterocycles. The van der Waals surface area contributed by atoms with E-state index < -0.39 is 17.5 Å². The molecule has 2 unspecified atom stereocenters. The topological polar surface area (TPSA) is 83.8 Å². The molecular formula is C12H13ClO5. The van der Waals surface area contributed by atoms with Gasteiger partial charge in [0.05, 0.1) is 7.11 Å². The number of carboxylic acid groups (broad SMARTS) is 1. The zero-order valence-corrected chi connectivity index (χ0v) is 10.6. The van der Waals surface area contributed by atoms with E-state index in [9.17, 15) is 14.7 Å². The Morgan fingerprint density at radius 1 is 1.39 bits per heavy atom. The van der Waals surface area contributed by atoms with Gasteiger partial charge in [-0.25, -0.2) is 4.79 Å². The number of aliphatic hydroxyl groups is 1. The molecule has 0 spiro atoms. The van der Waals surface area contributed by atoms with Crippen molar-refractivity contribution < 1.29 is 24.5 Å². The summed E-state index contributed by atoms with van der Waals surface area (Å²) < 4.78 is 5.05. The van der Waals surface area contributed by atoms with E-state index in [1.165, 1.54) is 26.2 Å². The third kappa shape index (κ3) is 2.80. The predicted molar refractivity (Wildman–Crippen MR) is 64.9 cm³/mol. The average molecular weight is 273 g/mol. The van der Waals surface area contributed by atoms with Gasteiger partial charge in [-0.05, 0) is 13.0 Å². The van der Waals surface area contributed by atoms with E-state index in [0.717, 1.165) is 0 Å². The quantitative estimate of drug-likeness (QED) is 0.797. The van der Waals surface area contributed by atoms with Gasteiger partial charge in [0.1, 0.15) is 11.1 Å². The largest absolute Gasteiger partial charge is 0.496 e. The molecule has 98 valence electrons. The highest BCUT2D eigenvalue weighted by Gasteiger charge is 2.27. The summed E-state index contributed by atoms with van der Waals surface area (Å²) in [6, 6.07) is 4.47. The number of rotatable bonds is 5. The standard InChI is InChI=1S/C12H13ClO5/c1-6(14)10(13)9-7(11(15)12(16)17)4-3-5-8(9)18-2/h3-5,10-11,15H,1-2H3,(H,16,17). The van der Waals surface area contributed by atoms with Gasteiger partial charge in [-0.3, -0.25) is 4.79 Å². The van der Waals surface area contributed by atoms with Gasteiger partial charge < -0.3 is 14.9 Å².